The monoisotopic (exact) mass is 270 g/mol. The van der Waals surface area contributed by atoms with Crippen LogP contribution in [0.1, 0.15) is 6.92 Å². The highest BCUT2D eigenvalue weighted by molar-refractivity contribution is 5.64. The van der Waals surface area contributed by atoms with Gasteiger partial charge in [0.15, 0.2) is 11.6 Å². The number of methoxy groups -OCH3 is 2. The van der Waals surface area contributed by atoms with Crippen LogP contribution in [0.25, 0.3) is 0 Å². The summed E-state index contributed by atoms with van der Waals surface area (Å²) in [5.74, 6) is 1.88. The van der Waals surface area contributed by atoms with Crippen LogP contribution in [0.4, 0.5) is 11.6 Å². The minimum absolute atomic E-state index is 0.0351. The number of hydrogen-bond acceptors (Lipinski definition) is 7. The van der Waals surface area contributed by atoms with Crippen LogP contribution in [0.5, 0.6) is 5.75 Å². The van der Waals surface area contributed by atoms with Crippen LogP contribution >= 0.6 is 0 Å². The first-order valence-electron chi connectivity index (χ1n) is 6.26. The predicted octanol–water partition coefficient (Wildman–Crippen LogP) is 0.362. The summed E-state index contributed by atoms with van der Waals surface area (Å²) < 4.78 is 10.5. The maximum absolute atomic E-state index is 9.15. The standard InChI is InChI=1S/C12H22N4O3/c1-4-13-11-10(19-3)12(15-9-14-11)16(5-7-17)6-8-18-2/h9,17H,4-8H2,1-3H3,(H,13,14,15). The Bertz CT molecular complexity index is 376. The molecule has 1 rings (SSSR count). The van der Waals surface area contributed by atoms with Crippen LogP contribution in [0.15, 0.2) is 6.33 Å². The van der Waals surface area contributed by atoms with Crippen LogP contribution in [0, 0.1) is 0 Å². The molecule has 1 aromatic heterocycles. The van der Waals surface area contributed by atoms with Gasteiger partial charge in [-0.05, 0) is 6.92 Å². The van der Waals surface area contributed by atoms with E-state index >= 15 is 0 Å². The molecule has 0 atom stereocenters. The van der Waals surface area contributed by atoms with Gasteiger partial charge in [-0.2, -0.15) is 0 Å². The van der Waals surface area contributed by atoms with E-state index in [4.69, 9.17) is 14.6 Å². The third kappa shape index (κ3) is 4.22. The molecule has 2 N–H and O–H groups in total. The summed E-state index contributed by atoms with van der Waals surface area (Å²) in [4.78, 5) is 10.3. The quantitative estimate of drug-likeness (QED) is 0.670. The maximum atomic E-state index is 9.15. The van der Waals surface area contributed by atoms with Crippen molar-refractivity contribution in [1.29, 1.82) is 0 Å². The number of nitrogens with zero attached hydrogens (tertiary/aromatic N) is 3. The van der Waals surface area contributed by atoms with Crippen LogP contribution in [0.3, 0.4) is 0 Å². The maximum Gasteiger partial charge on any atom is 0.204 e. The molecule has 0 aliphatic heterocycles. The molecule has 0 amide bonds. The van der Waals surface area contributed by atoms with Gasteiger partial charge in [0.05, 0.1) is 20.3 Å². The molecule has 0 spiro atoms. The van der Waals surface area contributed by atoms with E-state index in [9.17, 15) is 0 Å². The Balaban J connectivity index is 3.02. The fraction of sp³-hybridized carbons (Fsp3) is 0.667. The lowest BCUT2D eigenvalue weighted by Crippen LogP contribution is -2.31. The summed E-state index contributed by atoms with van der Waals surface area (Å²) in [6.45, 7) is 4.39. The fourth-order valence-electron chi connectivity index (χ4n) is 1.72. The van der Waals surface area contributed by atoms with E-state index in [1.54, 1.807) is 14.2 Å². The first kappa shape index (κ1) is 15.5. The third-order valence-corrected chi connectivity index (χ3v) is 2.57. The number of aliphatic hydroxyl groups is 1. The van der Waals surface area contributed by atoms with Crippen molar-refractivity contribution in [2.45, 2.75) is 6.92 Å². The van der Waals surface area contributed by atoms with Gasteiger partial charge in [-0.15, -0.1) is 0 Å². The van der Waals surface area contributed by atoms with Gasteiger partial charge < -0.3 is 24.8 Å². The Labute approximate surface area is 113 Å². The molecule has 108 valence electrons. The summed E-state index contributed by atoms with van der Waals surface area (Å²) in [6, 6.07) is 0. The van der Waals surface area contributed by atoms with Gasteiger partial charge in [0.25, 0.3) is 0 Å². The SMILES string of the molecule is CCNc1ncnc(N(CCO)CCOC)c1OC. The van der Waals surface area contributed by atoms with Gasteiger partial charge >= 0.3 is 0 Å². The van der Waals surface area contributed by atoms with E-state index in [-0.39, 0.29) is 6.61 Å². The second-order valence-corrected chi connectivity index (χ2v) is 3.81. The van der Waals surface area contributed by atoms with E-state index in [2.05, 4.69) is 15.3 Å². The van der Waals surface area contributed by atoms with Crippen molar-refractivity contribution < 1.29 is 14.6 Å². The number of rotatable bonds is 9. The third-order valence-electron chi connectivity index (χ3n) is 2.57. The summed E-state index contributed by atoms with van der Waals surface area (Å²) in [7, 11) is 3.22. The lowest BCUT2D eigenvalue weighted by molar-refractivity contribution is 0.202. The Morgan fingerprint density at radius 2 is 2.11 bits per heavy atom. The van der Waals surface area contributed by atoms with E-state index < -0.39 is 0 Å². The molecule has 0 saturated heterocycles. The zero-order valence-corrected chi connectivity index (χ0v) is 11.7. The summed E-state index contributed by atoms with van der Waals surface area (Å²) >= 11 is 0. The van der Waals surface area contributed by atoms with Gasteiger partial charge in [0, 0.05) is 26.7 Å². The summed E-state index contributed by atoms with van der Waals surface area (Å²) in [6.07, 6.45) is 1.48. The van der Waals surface area contributed by atoms with E-state index in [1.165, 1.54) is 6.33 Å². The van der Waals surface area contributed by atoms with E-state index in [0.717, 1.165) is 6.54 Å². The van der Waals surface area contributed by atoms with Gasteiger partial charge in [-0.1, -0.05) is 0 Å². The second kappa shape index (κ2) is 8.49. The molecule has 0 bridgehead atoms. The predicted molar refractivity (Wildman–Crippen MR) is 73.9 cm³/mol. The Morgan fingerprint density at radius 1 is 1.32 bits per heavy atom. The molecular weight excluding hydrogens is 248 g/mol. The molecule has 0 aromatic carbocycles. The fourth-order valence-corrected chi connectivity index (χ4v) is 1.72. The Kier molecular flexibility index (Phi) is 6.91. The minimum atomic E-state index is 0.0351. The number of nitrogens with one attached hydrogen (secondary N) is 1. The number of aromatic nitrogens is 2. The normalized spacial score (nSPS) is 10.3. The molecular formula is C12H22N4O3. The van der Waals surface area contributed by atoms with Crippen LogP contribution in [0.2, 0.25) is 0 Å². The van der Waals surface area contributed by atoms with E-state index in [1.807, 2.05) is 11.8 Å². The number of ether oxygens (including phenoxy) is 2. The lowest BCUT2D eigenvalue weighted by atomic mass is 10.4. The smallest absolute Gasteiger partial charge is 0.204 e. The van der Waals surface area contributed by atoms with Crippen LogP contribution in [-0.2, 0) is 4.74 Å². The zero-order valence-electron chi connectivity index (χ0n) is 11.7. The van der Waals surface area contributed by atoms with Crippen molar-refractivity contribution in [2.75, 3.05) is 57.3 Å². The van der Waals surface area contributed by atoms with Crippen molar-refractivity contribution in [3.63, 3.8) is 0 Å². The number of aliphatic hydroxyl groups excluding tert-OH is 1. The minimum Gasteiger partial charge on any atom is -0.490 e. The van der Waals surface area contributed by atoms with Crippen molar-refractivity contribution in [3.05, 3.63) is 6.33 Å². The summed E-state index contributed by atoms with van der Waals surface area (Å²) in [5, 5.41) is 12.3. The van der Waals surface area contributed by atoms with E-state index in [0.29, 0.717) is 37.1 Å². The average molecular weight is 270 g/mol. The number of hydrogen-bond donors (Lipinski definition) is 2. The largest absolute Gasteiger partial charge is 0.490 e. The van der Waals surface area contributed by atoms with Crippen LogP contribution < -0.4 is 15.0 Å². The Morgan fingerprint density at radius 3 is 2.68 bits per heavy atom. The summed E-state index contributed by atoms with van der Waals surface area (Å²) in [5.41, 5.74) is 0. The second-order valence-electron chi connectivity index (χ2n) is 3.81. The van der Waals surface area contributed by atoms with Gasteiger partial charge in [0.1, 0.15) is 6.33 Å². The highest BCUT2D eigenvalue weighted by Gasteiger charge is 2.17. The van der Waals surface area contributed by atoms with Crippen molar-refractivity contribution >= 4 is 11.6 Å². The molecule has 7 nitrogen and oxygen atoms in total. The van der Waals surface area contributed by atoms with Crippen molar-refractivity contribution in [2.24, 2.45) is 0 Å². The molecule has 0 aliphatic carbocycles. The number of anilines is 2. The first-order valence-corrected chi connectivity index (χ1v) is 6.26. The zero-order chi connectivity index (χ0) is 14.1. The molecule has 0 saturated carbocycles. The van der Waals surface area contributed by atoms with Crippen molar-refractivity contribution in [1.82, 2.24) is 9.97 Å². The molecule has 1 aromatic rings. The molecule has 7 heteroatoms. The highest BCUT2D eigenvalue weighted by Crippen LogP contribution is 2.31. The molecule has 1 heterocycles. The lowest BCUT2D eigenvalue weighted by Gasteiger charge is -2.24. The Hall–Kier alpha value is -1.60. The molecule has 0 aliphatic rings. The topological polar surface area (TPSA) is 79.7 Å². The van der Waals surface area contributed by atoms with Gasteiger partial charge in [0.2, 0.25) is 5.75 Å². The highest BCUT2D eigenvalue weighted by atomic mass is 16.5. The van der Waals surface area contributed by atoms with Crippen LogP contribution in [-0.4, -0.2) is 62.1 Å². The molecule has 0 unspecified atom stereocenters. The molecule has 19 heavy (non-hydrogen) atoms. The van der Waals surface area contributed by atoms with Gasteiger partial charge in [-0.3, -0.25) is 0 Å². The average Bonchev–Trinajstić information content (AvgIpc) is 2.43. The first-order chi connectivity index (χ1) is 9.28. The van der Waals surface area contributed by atoms with Gasteiger partial charge in [-0.25, -0.2) is 9.97 Å². The van der Waals surface area contributed by atoms with Crippen molar-refractivity contribution in [3.8, 4) is 5.75 Å². The molecule has 0 fully saturated rings. The molecule has 0 radical (unpaired) electrons.